The molecule has 7 nitrogen and oxygen atoms in total. The molecule has 0 fully saturated rings. The SMILES string of the molecule is CCOC(=O)/C(C#N)=C\Nc1ncccc1C(=O)OCC. The van der Waals surface area contributed by atoms with E-state index in [1.165, 1.54) is 12.3 Å². The molecule has 7 heteroatoms. The number of carbonyl (C=O) groups excluding carboxylic acids is 2. The van der Waals surface area contributed by atoms with Crippen LogP contribution in [0.4, 0.5) is 5.82 Å². The number of rotatable bonds is 6. The summed E-state index contributed by atoms with van der Waals surface area (Å²) >= 11 is 0. The van der Waals surface area contributed by atoms with Gasteiger partial charge in [-0.05, 0) is 26.0 Å². The van der Waals surface area contributed by atoms with Gasteiger partial charge >= 0.3 is 11.9 Å². The van der Waals surface area contributed by atoms with Gasteiger partial charge in [-0.25, -0.2) is 14.6 Å². The number of aromatic nitrogens is 1. The number of anilines is 1. The monoisotopic (exact) mass is 289 g/mol. The zero-order valence-corrected chi connectivity index (χ0v) is 11.8. The highest BCUT2D eigenvalue weighted by atomic mass is 16.5. The van der Waals surface area contributed by atoms with Crippen LogP contribution in [-0.4, -0.2) is 30.1 Å². The number of hydrogen-bond acceptors (Lipinski definition) is 7. The average Bonchev–Trinajstić information content (AvgIpc) is 2.49. The number of pyridine rings is 1. The maximum Gasteiger partial charge on any atom is 0.350 e. The van der Waals surface area contributed by atoms with E-state index in [9.17, 15) is 9.59 Å². The fourth-order valence-corrected chi connectivity index (χ4v) is 1.38. The van der Waals surface area contributed by atoms with Crippen LogP contribution in [0.25, 0.3) is 0 Å². The molecule has 1 rings (SSSR count). The van der Waals surface area contributed by atoms with Gasteiger partial charge in [0.15, 0.2) is 5.57 Å². The molecule has 1 aromatic rings. The van der Waals surface area contributed by atoms with Gasteiger partial charge in [-0.3, -0.25) is 0 Å². The molecule has 0 spiro atoms. The van der Waals surface area contributed by atoms with Gasteiger partial charge in [-0.15, -0.1) is 0 Å². The lowest BCUT2D eigenvalue weighted by Gasteiger charge is -2.07. The highest BCUT2D eigenvalue weighted by Crippen LogP contribution is 2.13. The number of ether oxygens (including phenoxy) is 2. The average molecular weight is 289 g/mol. The maximum absolute atomic E-state index is 11.7. The first-order valence-electron chi connectivity index (χ1n) is 6.30. The summed E-state index contributed by atoms with van der Waals surface area (Å²) in [4.78, 5) is 27.2. The lowest BCUT2D eigenvalue weighted by atomic mass is 10.2. The summed E-state index contributed by atoms with van der Waals surface area (Å²) in [7, 11) is 0. The van der Waals surface area contributed by atoms with E-state index in [1.54, 1.807) is 26.0 Å². The van der Waals surface area contributed by atoms with Gasteiger partial charge in [0, 0.05) is 12.4 Å². The van der Waals surface area contributed by atoms with E-state index in [2.05, 4.69) is 10.3 Å². The molecule has 0 amide bonds. The Kier molecular flexibility index (Phi) is 6.41. The fourth-order valence-electron chi connectivity index (χ4n) is 1.38. The lowest BCUT2D eigenvalue weighted by Crippen LogP contribution is -2.11. The van der Waals surface area contributed by atoms with Crippen molar-refractivity contribution in [2.45, 2.75) is 13.8 Å². The number of nitrogens with one attached hydrogen (secondary N) is 1. The number of nitrogens with zero attached hydrogens (tertiary/aromatic N) is 2. The summed E-state index contributed by atoms with van der Waals surface area (Å²) in [5.74, 6) is -1.11. The van der Waals surface area contributed by atoms with Crippen molar-refractivity contribution >= 4 is 17.8 Å². The topological polar surface area (TPSA) is 101 Å². The van der Waals surface area contributed by atoms with Crippen molar-refractivity contribution in [3.63, 3.8) is 0 Å². The molecule has 0 atom stereocenters. The van der Waals surface area contributed by atoms with Crippen LogP contribution in [0.1, 0.15) is 24.2 Å². The number of hydrogen-bond donors (Lipinski definition) is 1. The van der Waals surface area contributed by atoms with Gasteiger partial charge in [-0.1, -0.05) is 0 Å². The first kappa shape index (κ1) is 16.2. The first-order valence-corrected chi connectivity index (χ1v) is 6.30. The minimum Gasteiger partial charge on any atom is -0.462 e. The zero-order valence-electron chi connectivity index (χ0n) is 11.8. The van der Waals surface area contributed by atoms with Crippen LogP contribution in [0, 0.1) is 11.3 Å². The standard InChI is InChI=1S/C14H15N3O4/c1-3-20-13(18)10(8-15)9-17-12-11(6-5-7-16-12)14(19)21-4-2/h5-7,9H,3-4H2,1-2H3,(H,16,17)/b10-9-. The van der Waals surface area contributed by atoms with Crippen LogP contribution < -0.4 is 5.32 Å². The normalized spacial score (nSPS) is 10.4. The molecule has 0 aliphatic heterocycles. The second-order valence-corrected chi connectivity index (χ2v) is 3.65. The molecular weight excluding hydrogens is 274 g/mol. The highest BCUT2D eigenvalue weighted by molar-refractivity contribution is 5.96. The van der Waals surface area contributed by atoms with E-state index in [0.29, 0.717) is 0 Å². The molecule has 0 unspecified atom stereocenters. The Hall–Kier alpha value is -2.88. The van der Waals surface area contributed by atoms with E-state index in [0.717, 1.165) is 6.20 Å². The Morgan fingerprint density at radius 1 is 1.38 bits per heavy atom. The fraction of sp³-hybridized carbons (Fsp3) is 0.286. The van der Waals surface area contributed by atoms with Crippen LogP contribution in [0.2, 0.25) is 0 Å². The summed E-state index contributed by atoms with van der Waals surface area (Å²) < 4.78 is 9.61. The third-order valence-corrected chi connectivity index (χ3v) is 2.27. The Morgan fingerprint density at radius 2 is 2.10 bits per heavy atom. The third-order valence-electron chi connectivity index (χ3n) is 2.27. The summed E-state index contributed by atoms with van der Waals surface area (Å²) in [6.45, 7) is 3.72. The molecule has 0 aromatic carbocycles. The predicted octanol–water partition coefficient (Wildman–Crippen LogP) is 1.64. The molecule has 0 aliphatic carbocycles. The Labute approximate surface area is 122 Å². The lowest BCUT2D eigenvalue weighted by molar-refractivity contribution is -0.138. The number of carbonyl (C=O) groups is 2. The van der Waals surface area contributed by atoms with Crippen molar-refractivity contribution in [2.24, 2.45) is 0 Å². The summed E-state index contributed by atoms with van der Waals surface area (Å²) in [6.07, 6.45) is 2.61. The van der Waals surface area contributed by atoms with Crippen LogP contribution in [0.15, 0.2) is 30.1 Å². The van der Waals surface area contributed by atoms with Crippen molar-refractivity contribution in [3.8, 4) is 6.07 Å². The minimum absolute atomic E-state index is 0.162. The summed E-state index contributed by atoms with van der Waals surface area (Å²) in [5.41, 5.74) is -0.0194. The van der Waals surface area contributed by atoms with Crippen molar-refractivity contribution in [2.75, 3.05) is 18.5 Å². The molecule has 1 aromatic heterocycles. The number of nitriles is 1. The molecular formula is C14H15N3O4. The van der Waals surface area contributed by atoms with E-state index in [-0.39, 0.29) is 30.2 Å². The quantitative estimate of drug-likeness (QED) is 0.482. The molecule has 0 saturated heterocycles. The van der Waals surface area contributed by atoms with Gasteiger partial charge < -0.3 is 14.8 Å². The van der Waals surface area contributed by atoms with Gasteiger partial charge in [0.1, 0.15) is 17.5 Å². The van der Waals surface area contributed by atoms with Crippen molar-refractivity contribution in [1.82, 2.24) is 4.98 Å². The van der Waals surface area contributed by atoms with Crippen LogP contribution in [0.3, 0.4) is 0 Å². The van der Waals surface area contributed by atoms with Gasteiger partial charge in [0.05, 0.1) is 13.2 Å². The largest absolute Gasteiger partial charge is 0.462 e. The molecule has 1 N–H and O–H groups in total. The molecule has 110 valence electrons. The van der Waals surface area contributed by atoms with E-state index in [1.807, 2.05) is 0 Å². The van der Waals surface area contributed by atoms with Gasteiger partial charge in [-0.2, -0.15) is 5.26 Å². The Balaban J connectivity index is 2.95. The number of esters is 2. The highest BCUT2D eigenvalue weighted by Gasteiger charge is 2.14. The smallest absolute Gasteiger partial charge is 0.350 e. The second kappa shape index (κ2) is 8.32. The van der Waals surface area contributed by atoms with Gasteiger partial charge in [0.2, 0.25) is 0 Å². The Morgan fingerprint density at radius 3 is 2.71 bits per heavy atom. The van der Waals surface area contributed by atoms with Crippen molar-refractivity contribution < 1.29 is 19.1 Å². The van der Waals surface area contributed by atoms with Crippen molar-refractivity contribution in [3.05, 3.63) is 35.7 Å². The predicted molar refractivity (Wildman–Crippen MR) is 74.1 cm³/mol. The van der Waals surface area contributed by atoms with Crippen LogP contribution in [0.5, 0.6) is 0 Å². The van der Waals surface area contributed by atoms with Gasteiger partial charge in [0.25, 0.3) is 0 Å². The first-order chi connectivity index (χ1) is 10.1. The molecule has 21 heavy (non-hydrogen) atoms. The van der Waals surface area contributed by atoms with E-state index in [4.69, 9.17) is 14.7 Å². The van der Waals surface area contributed by atoms with Crippen molar-refractivity contribution in [1.29, 1.82) is 5.26 Å². The van der Waals surface area contributed by atoms with E-state index < -0.39 is 11.9 Å². The second-order valence-electron chi connectivity index (χ2n) is 3.65. The summed E-state index contributed by atoms with van der Waals surface area (Å²) in [6, 6.07) is 4.82. The van der Waals surface area contributed by atoms with E-state index >= 15 is 0 Å². The molecule has 0 aliphatic rings. The minimum atomic E-state index is -0.749. The third kappa shape index (κ3) is 4.62. The molecule has 1 heterocycles. The van der Waals surface area contributed by atoms with Crippen LogP contribution >= 0.6 is 0 Å². The maximum atomic E-state index is 11.7. The summed E-state index contributed by atoms with van der Waals surface area (Å²) in [5, 5.41) is 11.5. The molecule has 0 radical (unpaired) electrons. The zero-order chi connectivity index (χ0) is 15.7. The molecule has 0 saturated carbocycles. The molecule has 0 bridgehead atoms. The Bertz CT molecular complexity index is 590. The van der Waals surface area contributed by atoms with Crippen LogP contribution in [-0.2, 0) is 14.3 Å².